The van der Waals surface area contributed by atoms with E-state index in [2.05, 4.69) is 0 Å². The Balaban J connectivity index is 2.78. The van der Waals surface area contributed by atoms with E-state index in [1.165, 1.54) is 0 Å². The van der Waals surface area contributed by atoms with Crippen LogP contribution in [0.5, 0.6) is 0 Å². The predicted octanol–water partition coefficient (Wildman–Crippen LogP) is 1.02. The van der Waals surface area contributed by atoms with Gasteiger partial charge in [0.25, 0.3) is 0 Å². The van der Waals surface area contributed by atoms with Crippen molar-refractivity contribution in [3.8, 4) is 0 Å². The molecule has 2 aliphatic carbocycles. The van der Waals surface area contributed by atoms with E-state index in [0.29, 0.717) is 0 Å². The Kier molecular flexibility index (Phi) is 2.09. The van der Waals surface area contributed by atoms with Crippen molar-refractivity contribution in [2.75, 3.05) is 13.2 Å². The molecule has 1 fully saturated rings. The molecule has 2 bridgehead atoms. The molecule has 2 nitrogen and oxygen atoms in total. The molecule has 0 aliphatic heterocycles. The highest BCUT2D eigenvalue weighted by Gasteiger charge is 2.96. The lowest BCUT2D eigenvalue weighted by atomic mass is 9.76. The van der Waals surface area contributed by atoms with Crippen molar-refractivity contribution in [3.63, 3.8) is 0 Å². The molecule has 17 heavy (non-hydrogen) atoms. The van der Waals surface area contributed by atoms with Crippen LogP contribution in [0.1, 0.15) is 0 Å². The van der Waals surface area contributed by atoms with Crippen LogP contribution in [0.3, 0.4) is 0 Å². The van der Waals surface area contributed by atoms with Gasteiger partial charge in [-0.25, -0.2) is 17.6 Å². The first kappa shape index (κ1) is 12.7. The number of rotatable bonds is 2. The van der Waals surface area contributed by atoms with Crippen LogP contribution in [0.15, 0.2) is 12.2 Å². The molecule has 0 amide bonds. The fraction of sp³-hybridized carbons (Fsp3) is 0.778. The molecule has 4 atom stereocenters. The monoisotopic (exact) mass is 262 g/mol. The Labute approximate surface area is 91.5 Å². The van der Waals surface area contributed by atoms with Crippen LogP contribution in [0.2, 0.25) is 0 Å². The Morgan fingerprint density at radius 3 is 1.24 bits per heavy atom. The largest absolute Gasteiger partial charge is 0.393 e. The van der Waals surface area contributed by atoms with Gasteiger partial charge < -0.3 is 10.2 Å². The summed E-state index contributed by atoms with van der Waals surface area (Å²) in [4.78, 5) is 0. The zero-order valence-electron chi connectivity index (χ0n) is 8.23. The summed E-state index contributed by atoms with van der Waals surface area (Å²) in [5, 5.41) is 17.3. The molecule has 0 saturated heterocycles. The van der Waals surface area contributed by atoms with Gasteiger partial charge in [0, 0.05) is 0 Å². The molecule has 2 aliphatic rings. The van der Waals surface area contributed by atoms with E-state index in [9.17, 15) is 26.3 Å². The first-order chi connectivity index (χ1) is 7.58. The second-order valence-corrected chi connectivity index (χ2v) is 4.25. The Hall–Kier alpha value is -0.760. The summed E-state index contributed by atoms with van der Waals surface area (Å²) >= 11 is 0. The maximum atomic E-state index is 14.0. The van der Waals surface area contributed by atoms with Gasteiger partial charge in [0.15, 0.2) is 0 Å². The van der Waals surface area contributed by atoms with E-state index in [-0.39, 0.29) is 12.2 Å². The summed E-state index contributed by atoms with van der Waals surface area (Å²) in [6.07, 6.45) is -0.284. The first-order valence-electron chi connectivity index (χ1n) is 4.63. The molecule has 0 aromatic carbocycles. The van der Waals surface area contributed by atoms with Crippen molar-refractivity contribution in [2.24, 2.45) is 0 Å². The molecular weight excluding hydrogens is 254 g/mol. The number of fused-ring (bicyclic) bond motifs is 2. The number of alkyl halides is 6. The highest BCUT2D eigenvalue weighted by atomic mass is 19.3. The molecule has 98 valence electrons. The fourth-order valence-corrected chi connectivity index (χ4v) is 2.52. The van der Waals surface area contributed by atoms with Gasteiger partial charge in [0.1, 0.15) is 0 Å². The van der Waals surface area contributed by atoms with Crippen LogP contribution < -0.4 is 0 Å². The lowest BCUT2D eigenvalue weighted by Gasteiger charge is -2.39. The second kappa shape index (κ2) is 2.80. The fourth-order valence-electron chi connectivity index (χ4n) is 2.52. The number of aliphatic hydroxyl groups excluding tert-OH is 2. The summed E-state index contributed by atoms with van der Waals surface area (Å²) in [6.45, 7) is -4.04. The smallest absolute Gasteiger partial charge is 0.328 e. The Morgan fingerprint density at radius 2 is 1.00 bits per heavy atom. The standard InChI is InChI=1S/C9H8F6O2/c10-5-1-2-6(11,9(5,14)15)8(13,4-17)7(5,12)3-16/h1-2,16-17H,3-4H2. The number of hydrogen-bond donors (Lipinski definition) is 2. The van der Waals surface area contributed by atoms with Crippen LogP contribution in [0.25, 0.3) is 0 Å². The van der Waals surface area contributed by atoms with Crippen molar-refractivity contribution in [2.45, 2.75) is 28.6 Å². The van der Waals surface area contributed by atoms with Crippen LogP contribution in [0.4, 0.5) is 26.3 Å². The predicted molar refractivity (Wildman–Crippen MR) is 43.6 cm³/mol. The molecule has 0 heterocycles. The lowest BCUT2D eigenvalue weighted by molar-refractivity contribution is -0.167. The minimum atomic E-state index is -5.05. The summed E-state index contributed by atoms with van der Waals surface area (Å²) in [5.74, 6) is -5.05. The zero-order chi connectivity index (χ0) is 13.3. The number of aliphatic hydroxyl groups is 2. The van der Waals surface area contributed by atoms with Crippen molar-refractivity contribution in [1.82, 2.24) is 0 Å². The third kappa shape index (κ3) is 0.815. The molecule has 4 unspecified atom stereocenters. The maximum absolute atomic E-state index is 14.0. The quantitative estimate of drug-likeness (QED) is 0.576. The normalized spacial score (nSPS) is 55.5. The van der Waals surface area contributed by atoms with Crippen molar-refractivity contribution >= 4 is 0 Å². The molecule has 0 spiro atoms. The highest BCUT2D eigenvalue weighted by Crippen LogP contribution is 2.71. The molecule has 0 radical (unpaired) electrons. The van der Waals surface area contributed by atoms with Crippen LogP contribution in [-0.4, -0.2) is 52.0 Å². The molecule has 2 N–H and O–H groups in total. The minimum absolute atomic E-state index is 0.142. The minimum Gasteiger partial charge on any atom is -0.393 e. The zero-order valence-corrected chi connectivity index (χ0v) is 8.23. The van der Waals surface area contributed by atoms with Crippen LogP contribution in [-0.2, 0) is 0 Å². The van der Waals surface area contributed by atoms with Gasteiger partial charge in [0.05, 0.1) is 13.2 Å². The first-order valence-corrected chi connectivity index (χ1v) is 4.63. The number of halogens is 6. The van der Waals surface area contributed by atoms with Crippen LogP contribution in [0, 0.1) is 0 Å². The lowest BCUT2D eigenvalue weighted by Crippen LogP contribution is -2.64. The highest BCUT2D eigenvalue weighted by molar-refractivity contribution is 5.50. The molecule has 8 heteroatoms. The molecule has 2 rings (SSSR count). The van der Waals surface area contributed by atoms with E-state index < -0.39 is 41.8 Å². The van der Waals surface area contributed by atoms with E-state index >= 15 is 0 Å². The Morgan fingerprint density at radius 1 is 0.706 bits per heavy atom. The van der Waals surface area contributed by atoms with Gasteiger partial charge in [-0.2, -0.15) is 8.78 Å². The van der Waals surface area contributed by atoms with E-state index in [0.717, 1.165) is 0 Å². The van der Waals surface area contributed by atoms with Gasteiger partial charge in [-0.3, -0.25) is 0 Å². The third-order valence-electron chi connectivity index (χ3n) is 3.67. The van der Waals surface area contributed by atoms with Crippen molar-refractivity contribution < 1.29 is 36.6 Å². The number of allylic oxidation sites excluding steroid dienone is 2. The summed E-state index contributed by atoms with van der Waals surface area (Å²) in [5.41, 5.74) is -17.2. The van der Waals surface area contributed by atoms with E-state index in [1.807, 2.05) is 0 Å². The van der Waals surface area contributed by atoms with Gasteiger partial charge >= 0.3 is 5.92 Å². The maximum Gasteiger partial charge on any atom is 0.328 e. The van der Waals surface area contributed by atoms with E-state index in [1.54, 1.807) is 0 Å². The number of hydrogen-bond acceptors (Lipinski definition) is 2. The molecule has 0 aromatic heterocycles. The van der Waals surface area contributed by atoms with Crippen molar-refractivity contribution in [3.05, 3.63) is 12.2 Å². The average Bonchev–Trinajstić information content (AvgIpc) is 2.52. The summed E-state index contributed by atoms with van der Waals surface area (Å²) in [7, 11) is 0. The molecule has 1 saturated carbocycles. The SMILES string of the molecule is OCC1(F)C2(F)C=CC(F)(C2(F)F)C1(F)CO. The Bertz CT molecular complexity index is 367. The van der Waals surface area contributed by atoms with Gasteiger partial charge in [0.2, 0.25) is 22.7 Å². The summed E-state index contributed by atoms with van der Waals surface area (Å²) in [6, 6.07) is 0. The second-order valence-electron chi connectivity index (χ2n) is 4.25. The van der Waals surface area contributed by atoms with Gasteiger partial charge in [-0.05, 0) is 12.2 Å². The van der Waals surface area contributed by atoms with Crippen LogP contribution >= 0.6 is 0 Å². The topological polar surface area (TPSA) is 40.5 Å². The molecular formula is C9H8F6O2. The average molecular weight is 262 g/mol. The summed E-state index contributed by atoms with van der Waals surface area (Å²) < 4.78 is 82.5. The molecule has 0 aromatic rings. The van der Waals surface area contributed by atoms with Crippen molar-refractivity contribution in [1.29, 1.82) is 0 Å². The third-order valence-corrected chi connectivity index (χ3v) is 3.67. The van der Waals surface area contributed by atoms with Gasteiger partial charge in [-0.1, -0.05) is 0 Å². The van der Waals surface area contributed by atoms with Gasteiger partial charge in [-0.15, -0.1) is 0 Å². The van der Waals surface area contributed by atoms with E-state index in [4.69, 9.17) is 10.2 Å².